The molecule has 6 heteroatoms. The van der Waals surface area contributed by atoms with Crippen molar-refractivity contribution in [3.05, 3.63) is 146 Å². The maximum atomic E-state index is 12.9. The van der Waals surface area contributed by atoms with Gasteiger partial charge in [-0.1, -0.05) is 289 Å². The summed E-state index contributed by atoms with van der Waals surface area (Å²) in [5, 5.41) is 0. The minimum atomic E-state index is -0.833. The SMILES string of the molecule is CC\C=C/C=C\C=C/C=C\C=C\C=C/CCCCCC(=O)OCC(COC(=O)CC/C=C\C/C=C\C/C=C\C/C=C\C/C=C\C/C=C\CC)OC(=O)CCCCCCCCCCCCCCCCCCCCC. The van der Waals surface area contributed by atoms with Crippen LogP contribution in [-0.2, 0) is 28.6 Å². The third-order valence-electron chi connectivity index (χ3n) is 12.0. The second kappa shape index (κ2) is 59.8. The molecule has 0 N–H and O–H groups in total. The molecule has 0 heterocycles. The Kier molecular flexibility index (Phi) is 56.0. The van der Waals surface area contributed by atoms with Crippen molar-refractivity contribution in [2.75, 3.05) is 13.2 Å². The highest BCUT2D eigenvalue weighted by atomic mass is 16.6. The summed E-state index contributed by atoms with van der Waals surface area (Å²) in [4.78, 5) is 38.2. The standard InChI is InChI=1S/C67H106O6/c1-4-7-10-13-16-19-22-25-28-31-33-36-39-42-45-48-51-54-57-60-66(69)72-63-64(62-71-65(68)59-56-53-50-47-44-41-38-35-30-27-24-21-18-15-12-9-6-3)73-67(70)61-58-55-52-49-46-43-40-37-34-32-29-26-23-20-17-14-11-8-5-2/h7,9-10,12,15-16,18-19,21,24-25,27-28,30,33,35-36,38,41-42,44-45,51,54,64H,4-6,8,11,13-14,17,20,22-23,26,29,31-32,34,37,39-40,43,46-50,52-53,55-63H2,1-3H3/b10-7-,12-9-,18-15-,19-16-,24-21-,28-25-,30-27-,36-33-,38-35+,44-41-,45-42-,54-51-. The molecule has 0 aromatic carbocycles. The van der Waals surface area contributed by atoms with Gasteiger partial charge in [0.05, 0.1) is 0 Å². The zero-order valence-electron chi connectivity index (χ0n) is 46.8. The highest BCUT2D eigenvalue weighted by Crippen LogP contribution is 2.16. The van der Waals surface area contributed by atoms with Gasteiger partial charge in [-0.05, 0) is 77.0 Å². The first-order valence-electron chi connectivity index (χ1n) is 29.4. The van der Waals surface area contributed by atoms with Crippen molar-refractivity contribution >= 4 is 17.9 Å². The van der Waals surface area contributed by atoms with E-state index in [1.807, 2.05) is 72.9 Å². The van der Waals surface area contributed by atoms with Crippen LogP contribution in [0.25, 0.3) is 0 Å². The van der Waals surface area contributed by atoms with Crippen LogP contribution in [0.15, 0.2) is 146 Å². The molecular weight excluding hydrogens is 901 g/mol. The Morgan fingerprint density at radius 2 is 0.630 bits per heavy atom. The summed E-state index contributed by atoms with van der Waals surface area (Å²) in [6, 6.07) is 0. The monoisotopic (exact) mass is 1010 g/mol. The summed E-state index contributed by atoms with van der Waals surface area (Å²) in [6.07, 6.45) is 85.6. The Morgan fingerprint density at radius 3 is 1.05 bits per heavy atom. The van der Waals surface area contributed by atoms with Gasteiger partial charge < -0.3 is 14.2 Å². The van der Waals surface area contributed by atoms with Crippen LogP contribution >= 0.6 is 0 Å². The molecule has 0 saturated heterocycles. The maximum absolute atomic E-state index is 12.9. The number of allylic oxidation sites excluding steroid dienone is 24. The van der Waals surface area contributed by atoms with Crippen LogP contribution in [0.5, 0.6) is 0 Å². The fourth-order valence-corrected chi connectivity index (χ4v) is 7.68. The van der Waals surface area contributed by atoms with E-state index in [4.69, 9.17) is 14.2 Å². The van der Waals surface area contributed by atoms with Gasteiger partial charge in [0, 0.05) is 19.3 Å². The van der Waals surface area contributed by atoms with E-state index in [2.05, 4.69) is 93.7 Å². The largest absolute Gasteiger partial charge is 0.462 e. The van der Waals surface area contributed by atoms with Gasteiger partial charge in [0.15, 0.2) is 6.10 Å². The van der Waals surface area contributed by atoms with Crippen molar-refractivity contribution in [1.82, 2.24) is 0 Å². The van der Waals surface area contributed by atoms with Crippen LogP contribution in [0.2, 0.25) is 0 Å². The summed E-state index contributed by atoms with van der Waals surface area (Å²) in [7, 11) is 0. The van der Waals surface area contributed by atoms with Crippen LogP contribution in [-0.4, -0.2) is 37.2 Å². The average molecular weight is 1010 g/mol. The lowest BCUT2D eigenvalue weighted by Crippen LogP contribution is -2.30. The minimum absolute atomic E-state index is 0.128. The van der Waals surface area contributed by atoms with Crippen molar-refractivity contribution in [2.45, 2.75) is 245 Å². The van der Waals surface area contributed by atoms with Gasteiger partial charge >= 0.3 is 17.9 Å². The van der Waals surface area contributed by atoms with Gasteiger partial charge in [0.1, 0.15) is 13.2 Å². The number of carbonyl (C=O) groups is 3. The molecule has 0 amide bonds. The minimum Gasteiger partial charge on any atom is -0.462 e. The van der Waals surface area contributed by atoms with E-state index in [0.717, 1.165) is 83.5 Å². The number of ether oxygens (including phenoxy) is 3. The Balaban J connectivity index is 4.58. The number of carbonyl (C=O) groups excluding carboxylic acids is 3. The van der Waals surface area contributed by atoms with Gasteiger partial charge in [-0.15, -0.1) is 0 Å². The molecule has 0 aromatic heterocycles. The predicted octanol–water partition coefficient (Wildman–Crippen LogP) is 20.0. The van der Waals surface area contributed by atoms with E-state index >= 15 is 0 Å². The molecule has 0 spiro atoms. The van der Waals surface area contributed by atoms with Crippen LogP contribution in [0.3, 0.4) is 0 Å². The Bertz CT molecular complexity index is 1630. The molecule has 410 valence electrons. The number of hydrogen-bond donors (Lipinski definition) is 0. The lowest BCUT2D eigenvalue weighted by Gasteiger charge is -2.18. The molecule has 0 fully saturated rings. The smallest absolute Gasteiger partial charge is 0.306 e. The Morgan fingerprint density at radius 1 is 0.301 bits per heavy atom. The Labute approximate surface area is 448 Å². The molecule has 0 rings (SSSR count). The predicted molar refractivity (Wildman–Crippen MR) is 315 cm³/mol. The molecule has 0 aliphatic carbocycles. The maximum Gasteiger partial charge on any atom is 0.306 e. The Hall–Kier alpha value is -4.71. The summed E-state index contributed by atoms with van der Waals surface area (Å²) in [5.41, 5.74) is 0. The van der Waals surface area contributed by atoms with E-state index in [0.29, 0.717) is 19.3 Å². The number of rotatable bonds is 51. The van der Waals surface area contributed by atoms with Gasteiger partial charge in [-0.25, -0.2) is 0 Å². The summed E-state index contributed by atoms with van der Waals surface area (Å²) < 4.78 is 16.8. The lowest BCUT2D eigenvalue weighted by atomic mass is 10.0. The topological polar surface area (TPSA) is 78.9 Å². The zero-order chi connectivity index (χ0) is 52.9. The van der Waals surface area contributed by atoms with Crippen molar-refractivity contribution < 1.29 is 28.6 Å². The third kappa shape index (κ3) is 58.1. The first kappa shape index (κ1) is 68.3. The van der Waals surface area contributed by atoms with Gasteiger partial charge in [-0.3, -0.25) is 14.4 Å². The van der Waals surface area contributed by atoms with Gasteiger partial charge in [0.2, 0.25) is 0 Å². The molecule has 0 bridgehead atoms. The first-order chi connectivity index (χ1) is 36.0. The van der Waals surface area contributed by atoms with E-state index in [-0.39, 0.29) is 44.0 Å². The number of esters is 3. The molecule has 0 aromatic rings. The van der Waals surface area contributed by atoms with Crippen molar-refractivity contribution in [2.24, 2.45) is 0 Å². The van der Waals surface area contributed by atoms with E-state index < -0.39 is 6.10 Å². The second-order valence-electron chi connectivity index (χ2n) is 18.9. The molecule has 0 aliphatic heterocycles. The zero-order valence-corrected chi connectivity index (χ0v) is 46.8. The first-order valence-corrected chi connectivity index (χ1v) is 29.4. The molecule has 1 atom stereocenters. The molecule has 1 unspecified atom stereocenters. The molecule has 0 aliphatic rings. The summed E-state index contributed by atoms with van der Waals surface area (Å²) >= 11 is 0. The van der Waals surface area contributed by atoms with Crippen molar-refractivity contribution in [3.63, 3.8) is 0 Å². The van der Waals surface area contributed by atoms with E-state index in [9.17, 15) is 14.4 Å². The molecular formula is C67H106O6. The highest BCUT2D eigenvalue weighted by molar-refractivity contribution is 5.71. The number of hydrogen-bond acceptors (Lipinski definition) is 6. The van der Waals surface area contributed by atoms with Crippen LogP contribution in [0.4, 0.5) is 0 Å². The molecule has 0 radical (unpaired) electrons. The van der Waals surface area contributed by atoms with Crippen LogP contribution in [0.1, 0.15) is 239 Å². The second-order valence-corrected chi connectivity index (χ2v) is 18.9. The molecule has 6 nitrogen and oxygen atoms in total. The van der Waals surface area contributed by atoms with E-state index in [1.54, 1.807) is 0 Å². The van der Waals surface area contributed by atoms with Gasteiger partial charge in [-0.2, -0.15) is 0 Å². The summed E-state index contributed by atoms with van der Waals surface area (Å²) in [6.45, 7) is 6.28. The fraction of sp³-hybridized carbons (Fsp3) is 0.597. The molecule has 0 saturated carbocycles. The van der Waals surface area contributed by atoms with Crippen molar-refractivity contribution in [3.8, 4) is 0 Å². The summed E-state index contributed by atoms with van der Waals surface area (Å²) in [5.74, 6) is -1.06. The van der Waals surface area contributed by atoms with Crippen LogP contribution < -0.4 is 0 Å². The van der Waals surface area contributed by atoms with Gasteiger partial charge in [0.25, 0.3) is 0 Å². The van der Waals surface area contributed by atoms with E-state index in [1.165, 1.54) is 103 Å². The normalized spacial score (nSPS) is 13.2. The van der Waals surface area contributed by atoms with Crippen LogP contribution in [0, 0.1) is 0 Å². The quantitative estimate of drug-likeness (QED) is 0.0199. The average Bonchev–Trinajstić information content (AvgIpc) is 3.39. The van der Waals surface area contributed by atoms with Crippen molar-refractivity contribution in [1.29, 1.82) is 0 Å². The molecule has 73 heavy (non-hydrogen) atoms. The lowest BCUT2D eigenvalue weighted by molar-refractivity contribution is -0.166. The third-order valence-corrected chi connectivity index (χ3v) is 12.0. The fourth-order valence-electron chi connectivity index (χ4n) is 7.68. The highest BCUT2D eigenvalue weighted by Gasteiger charge is 2.19. The number of unbranched alkanes of at least 4 members (excludes halogenated alkanes) is 21.